The van der Waals surface area contributed by atoms with E-state index in [-0.39, 0.29) is 17.8 Å². The first-order valence-electron chi connectivity index (χ1n) is 9.13. The molecule has 0 spiro atoms. The molecular formula is C20H32O3. The second kappa shape index (κ2) is 6.34. The number of hydrogen-bond acceptors (Lipinski definition) is 3. The van der Waals surface area contributed by atoms with Crippen LogP contribution in [-0.2, 0) is 9.47 Å². The van der Waals surface area contributed by atoms with Gasteiger partial charge in [0.15, 0.2) is 0 Å². The summed E-state index contributed by atoms with van der Waals surface area (Å²) in [6.07, 6.45) is 10.5. The molecule has 0 saturated carbocycles. The number of hydrogen-bond donors (Lipinski definition) is 1. The van der Waals surface area contributed by atoms with Crippen LogP contribution in [0.5, 0.6) is 0 Å². The monoisotopic (exact) mass is 320 g/mol. The van der Waals surface area contributed by atoms with Crippen molar-refractivity contribution in [1.82, 2.24) is 0 Å². The molecule has 2 saturated heterocycles. The maximum absolute atomic E-state index is 11.0. The molecule has 3 nitrogen and oxygen atoms in total. The Morgan fingerprint density at radius 1 is 1.13 bits per heavy atom. The van der Waals surface area contributed by atoms with Gasteiger partial charge >= 0.3 is 0 Å². The topological polar surface area (TPSA) is 42.0 Å². The zero-order valence-electron chi connectivity index (χ0n) is 15.1. The Hall–Kier alpha value is -0.640. The Bertz CT molecular complexity index is 499. The maximum atomic E-state index is 11.0. The van der Waals surface area contributed by atoms with Crippen molar-refractivity contribution in [3.63, 3.8) is 0 Å². The molecule has 0 radical (unpaired) electrons. The van der Waals surface area contributed by atoms with Gasteiger partial charge in [-0.2, -0.15) is 0 Å². The Balaban J connectivity index is 1.82. The Labute approximate surface area is 140 Å². The van der Waals surface area contributed by atoms with Crippen LogP contribution >= 0.6 is 0 Å². The van der Waals surface area contributed by atoms with Gasteiger partial charge < -0.3 is 14.6 Å². The van der Waals surface area contributed by atoms with Gasteiger partial charge in [0.1, 0.15) is 0 Å². The average Bonchev–Trinajstić information content (AvgIpc) is 3.05. The molecule has 0 aliphatic carbocycles. The first-order valence-corrected chi connectivity index (χ1v) is 9.13. The van der Waals surface area contributed by atoms with E-state index in [4.69, 9.17) is 9.47 Å². The smallest absolute Gasteiger partial charge is 0.0942 e. The molecule has 1 unspecified atom stereocenters. The molecule has 0 aromatic carbocycles. The third kappa shape index (κ3) is 3.89. The Morgan fingerprint density at radius 2 is 1.83 bits per heavy atom. The molecule has 3 aliphatic heterocycles. The zero-order chi connectivity index (χ0) is 16.7. The SMILES string of the molecule is C/C1=C\CC[C@](C)(O)[C@H]2C[C@H](C3(C)CO3)[C@H](C/C(C)=C/CC1)O2. The first kappa shape index (κ1) is 17.2. The molecule has 2 bridgehead atoms. The highest BCUT2D eigenvalue weighted by molar-refractivity contribution is 5.11. The van der Waals surface area contributed by atoms with Crippen LogP contribution < -0.4 is 0 Å². The van der Waals surface area contributed by atoms with Crippen molar-refractivity contribution in [2.24, 2.45) is 5.92 Å². The van der Waals surface area contributed by atoms with Crippen molar-refractivity contribution >= 4 is 0 Å². The molecule has 0 amide bonds. The minimum absolute atomic E-state index is 0.0384. The third-order valence-corrected chi connectivity index (χ3v) is 6.03. The van der Waals surface area contributed by atoms with Crippen LogP contribution in [0.15, 0.2) is 23.3 Å². The van der Waals surface area contributed by atoms with E-state index >= 15 is 0 Å². The fourth-order valence-electron chi connectivity index (χ4n) is 4.13. The zero-order valence-corrected chi connectivity index (χ0v) is 15.1. The molecule has 23 heavy (non-hydrogen) atoms. The molecule has 0 aromatic heterocycles. The normalized spacial score (nSPS) is 49.9. The second-order valence-corrected chi connectivity index (χ2v) is 8.35. The molecular weight excluding hydrogens is 288 g/mol. The van der Waals surface area contributed by atoms with Crippen LogP contribution in [0, 0.1) is 5.92 Å². The predicted octanol–water partition coefficient (Wildman–Crippen LogP) is 4.16. The van der Waals surface area contributed by atoms with Gasteiger partial charge in [0.25, 0.3) is 0 Å². The van der Waals surface area contributed by atoms with E-state index in [9.17, 15) is 5.11 Å². The lowest BCUT2D eigenvalue weighted by Gasteiger charge is -2.29. The van der Waals surface area contributed by atoms with E-state index in [0.29, 0.717) is 5.92 Å². The van der Waals surface area contributed by atoms with Gasteiger partial charge in [-0.1, -0.05) is 23.3 Å². The van der Waals surface area contributed by atoms with Gasteiger partial charge in [-0.15, -0.1) is 0 Å². The van der Waals surface area contributed by atoms with E-state index in [2.05, 4.69) is 32.9 Å². The summed E-state index contributed by atoms with van der Waals surface area (Å²) >= 11 is 0. The highest BCUT2D eigenvalue weighted by atomic mass is 16.6. The number of ether oxygens (including phenoxy) is 2. The van der Waals surface area contributed by atoms with Crippen molar-refractivity contribution < 1.29 is 14.6 Å². The number of allylic oxidation sites excluding steroid dienone is 3. The first-order chi connectivity index (χ1) is 10.8. The molecule has 3 aliphatic rings. The summed E-state index contributed by atoms with van der Waals surface area (Å²) in [6, 6.07) is 0. The van der Waals surface area contributed by atoms with E-state index in [1.54, 1.807) is 0 Å². The molecule has 1 N–H and O–H groups in total. The van der Waals surface area contributed by atoms with Gasteiger partial charge in [0.05, 0.1) is 30.0 Å². The number of aliphatic hydroxyl groups is 1. The lowest BCUT2D eigenvalue weighted by molar-refractivity contribution is -0.0981. The lowest BCUT2D eigenvalue weighted by Crippen LogP contribution is -2.39. The van der Waals surface area contributed by atoms with E-state index in [0.717, 1.165) is 45.1 Å². The molecule has 3 heterocycles. The Morgan fingerprint density at radius 3 is 2.52 bits per heavy atom. The summed E-state index contributed by atoms with van der Waals surface area (Å²) in [5.41, 5.74) is 2.02. The van der Waals surface area contributed by atoms with Crippen molar-refractivity contribution in [3.05, 3.63) is 23.3 Å². The van der Waals surface area contributed by atoms with Gasteiger partial charge in [-0.25, -0.2) is 0 Å². The summed E-state index contributed by atoms with van der Waals surface area (Å²) in [5, 5.41) is 11.0. The fourth-order valence-corrected chi connectivity index (χ4v) is 4.13. The number of fused-ring (bicyclic) bond motifs is 2. The van der Waals surface area contributed by atoms with Crippen LogP contribution in [0.1, 0.15) is 66.2 Å². The average molecular weight is 320 g/mol. The maximum Gasteiger partial charge on any atom is 0.0942 e. The van der Waals surface area contributed by atoms with Crippen LogP contribution in [-0.4, -0.2) is 35.1 Å². The van der Waals surface area contributed by atoms with Gasteiger partial charge in [0, 0.05) is 5.92 Å². The highest BCUT2D eigenvalue weighted by Crippen LogP contribution is 2.48. The summed E-state index contributed by atoms with van der Waals surface area (Å²) < 4.78 is 12.1. The molecule has 130 valence electrons. The molecule has 5 atom stereocenters. The molecule has 3 heteroatoms. The van der Waals surface area contributed by atoms with E-state index in [1.165, 1.54) is 11.1 Å². The minimum Gasteiger partial charge on any atom is -0.387 e. The second-order valence-electron chi connectivity index (χ2n) is 8.35. The summed E-state index contributed by atoms with van der Waals surface area (Å²) in [6.45, 7) is 9.37. The van der Waals surface area contributed by atoms with Crippen molar-refractivity contribution in [1.29, 1.82) is 0 Å². The van der Waals surface area contributed by atoms with E-state index < -0.39 is 5.60 Å². The van der Waals surface area contributed by atoms with Crippen LogP contribution in [0.25, 0.3) is 0 Å². The fraction of sp³-hybridized carbons (Fsp3) is 0.800. The number of rotatable bonds is 1. The van der Waals surface area contributed by atoms with E-state index in [1.807, 2.05) is 6.92 Å². The van der Waals surface area contributed by atoms with Gasteiger partial charge in [0.2, 0.25) is 0 Å². The van der Waals surface area contributed by atoms with Crippen molar-refractivity contribution in [2.75, 3.05) is 6.61 Å². The number of epoxide rings is 1. The largest absolute Gasteiger partial charge is 0.387 e. The van der Waals surface area contributed by atoms with Crippen molar-refractivity contribution in [2.45, 2.75) is 89.6 Å². The van der Waals surface area contributed by atoms with Gasteiger partial charge in [-0.3, -0.25) is 0 Å². The Kier molecular flexibility index (Phi) is 4.74. The molecule has 2 fully saturated rings. The summed E-state index contributed by atoms with van der Waals surface area (Å²) in [4.78, 5) is 0. The summed E-state index contributed by atoms with van der Waals surface area (Å²) in [7, 11) is 0. The molecule has 3 rings (SSSR count). The van der Waals surface area contributed by atoms with Crippen LogP contribution in [0.2, 0.25) is 0 Å². The minimum atomic E-state index is -0.763. The third-order valence-electron chi connectivity index (χ3n) is 6.03. The predicted molar refractivity (Wildman–Crippen MR) is 92.3 cm³/mol. The quantitative estimate of drug-likeness (QED) is 0.583. The summed E-state index contributed by atoms with van der Waals surface area (Å²) in [5.74, 6) is 0.391. The van der Waals surface area contributed by atoms with Crippen molar-refractivity contribution in [3.8, 4) is 0 Å². The van der Waals surface area contributed by atoms with Crippen LogP contribution in [0.3, 0.4) is 0 Å². The standard InChI is InChI=1S/C20H32O3/c1-14-7-5-8-15(2)11-17-16(20(4)13-22-20)12-18(23-17)19(3,21)10-6-9-14/h8-9,16-18,21H,5-7,10-13H2,1-4H3/b14-9+,15-8+/t16-,17-,18+,19-,20?/m0/s1. The highest BCUT2D eigenvalue weighted by Gasteiger charge is 2.56. The molecule has 0 aromatic rings. The lowest BCUT2D eigenvalue weighted by atomic mass is 9.81. The van der Waals surface area contributed by atoms with Gasteiger partial charge in [-0.05, 0) is 66.2 Å². The van der Waals surface area contributed by atoms with Crippen LogP contribution in [0.4, 0.5) is 0 Å².